The molecular formula is C22H21ClF2N4O3. The fourth-order valence-electron chi connectivity index (χ4n) is 2.41. The Bertz CT molecular complexity index is 1100. The number of hydrogen-bond acceptors (Lipinski definition) is 7. The minimum Gasteiger partial charge on any atom is -0.486 e. The van der Waals surface area contributed by atoms with Crippen molar-refractivity contribution in [3.05, 3.63) is 82.0 Å². The molecule has 3 rings (SSSR count). The van der Waals surface area contributed by atoms with Gasteiger partial charge in [-0.3, -0.25) is 10.2 Å². The number of pyridine rings is 1. The molecule has 0 amide bonds. The summed E-state index contributed by atoms with van der Waals surface area (Å²) in [5.74, 6) is -0.918. The minimum absolute atomic E-state index is 0.0158. The average Bonchev–Trinajstić information content (AvgIpc) is 2.80. The lowest BCUT2D eigenvalue weighted by Crippen LogP contribution is -2.08. The van der Waals surface area contributed by atoms with Crippen molar-refractivity contribution in [3.63, 3.8) is 0 Å². The molecule has 1 aromatic heterocycles. The molecule has 0 fully saturated rings. The highest BCUT2D eigenvalue weighted by atomic mass is 35.5. The lowest BCUT2D eigenvalue weighted by Gasteiger charge is -2.09. The largest absolute Gasteiger partial charge is 0.486 e. The van der Waals surface area contributed by atoms with Crippen LogP contribution < -0.4 is 15.8 Å². The molecule has 0 aliphatic heterocycles. The Balaban J connectivity index is 0.000000244. The topological polar surface area (TPSA) is 110 Å². The van der Waals surface area contributed by atoms with Gasteiger partial charge in [0.1, 0.15) is 18.2 Å². The maximum atomic E-state index is 13.8. The third-order valence-electron chi connectivity index (χ3n) is 4.17. The highest BCUT2D eigenvalue weighted by Gasteiger charge is 2.13. The number of hydrogen-bond donors (Lipinski definition) is 3. The van der Waals surface area contributed by atoms with Crippen molar-refractivity contribution >= 4 is 35.3 Å². The summed E-state index contributed by atoms with van der Waals surface area (Å²) < 4.78 is 36.5. The van der Waals surface area contributed by atoms with Gasteiger partial charge in [0.15, 0.2) is 17.9 Å². The van der Waals surface area contributed by atoms with E-state index in [2.05, 4.69) is 10.3 Å². The molecular weight excluding hydrogens is 442 g/mol. The van der Waals surface area contributed by atoms with Crippen molar-refractivity contribution in [1.82, 2.24) is 4.98 Å². The fourth-order valence-corrected chi connectivity index (χ4v) is 2.60. The first-order chi connectivity index (χ1) is 15.3. The molecule has 2 aromatic carbocycles. The monoisotopic (exact) mass is 462 g/mol. The lowest BCUT2D eigenvalue weighted by atomic mass is 10.2. The maximum Gasteiger partial charge on any atom is 0.216 e. The normalized spacial score (nSPS) is 9.91. The van der Waals surface area contributed by atoms with Crippen molar-refractivity contribution in [3.8, 4) is 5.75 Å². The van der Waals surface area contributed by atoms with E-state index in [0.29, 0.717) is 23.2 Å². The zero-order valence-electron chi connectivity index (χ0n) is 17.3. The number of nitrogens with one attached hydrogen (secondary N) is 2. The molecule has 168 valence electrons. The molecule has 1 heterocycles. The summed E-state index contributed by atoms with van der Waals surface area (Å²) in [4.78, 5) is 14.6. The van der Waals surface area contributed by atoms with Crippen LogP contribution in [0, 0.1) is 17.0 Å². The van der Waals surface area contributed by atoms with E-state index in [4.69, 9.17) is 32.2 Å². The van der Waals surface area contributed by atoms with Gasteiger partial charge in [-0.1, -0.05) is 23.7 Å². The van der Waals surface area contributed by atoms with E-state index < -0.39 is 5.82 Å². The van der Waals surface area contributed by atoms with Gasteiger partial charge in [0.2, 0.25) is 5.90 Å². The first-order valence-electron chi connectivity index (χ1n) is 9.17. The van der Waals surface area contributed by atoms with E-state index in [1.54, 1.807) is 19.3 Å². The average molecular weight is 463 g/mol. The SMILES string of the molecule is CNc1cnc(N)c(C(=N)OC)c1.O=Cc1c(Cl)ccc(OCc2ccc(F)cc2)c1F. The number of methoxy groups -OCH3 is 1. The second-order valence-electron chi connectivity index (χ2n) is 6.25. The predicted molar refractivity (Wildman–Crippen MR) is 120 cm³/mol. The molecule has 7 nitrogen and oxygen atoms in total. The van der Waals surface area contributed by atoms with Crippen LogP contribution in [0.15, 0.2) is 48.7 Å². The van der Waals surface area contributed by atoms with E-state index in [9.17, 15) is 13.6 Å². The van der Waals surface area contributed by atoms with E-state index in [-0.39, 0.29) is 34.7 Å². The molecule has 3 aromatic rings. The van der Waals surface area contributed by atoms with Crippen molar-refractivity contribution in [2.24, 2.45) is 0 Å². The van der Waals surface area contributed by atoms with E-state index in [1.807, 2.05) is 0 Å². The highest BCUT2D eigenvalue weighted by Crippen LogP contribution is 2.26. The Morgan fingerprint density at radius 3 is 2.53 bits per heavy atom. The zero-order valence-corrected chi connectivity index (χ0v) is 18.0. The quantitative estimate of drug-likeness (QED) is 0.278. The van der Waals surface area contributed by atoms with Crippen molar-refractivity contribution < 1.29 is 23.0 Å². The summed E-state index contributed by atoms with van der Waals surface area (Å²) >= 11 is 5.67. The smallest absolute Gasteiger partial charge is 0.216 e. The third kappa shape index (κ3) is 6.39. The second-order valence-corrected chi connectivity index (χ2v) is 6.65. The molecule has 10 heteroatoms. The standard InChI is InChI=1S/C14H9ClF2O2.C8H12N4O/c15-12-5-6-13(14(17)11(12)7-18)19-8-9-1-3-10(16)4-2-9;1-11-5-3-6(8(10)13-2)7(9)12-4-5/h1-7H,8H2;3-4,10-11H,1-2H3,(H2,9,12). The molecule has 0 atom stereocenters. The summed E-state index contributed by atoms with van der Waals surface area (Å²) in [5, 5.41) is 10.4. The number of nitrogens with two attached hydrogens (primary N) is 1. The van der Waals surface area contributed by atoms with Crippen LogP contribution in [0.2, 0.25) is 5.02 Å². The number of nitrogen functional groups attached to an aromatic ring is 1. The van der Waals surface area contributed by atoms with Gasteiger partial charge >= 0.3 is 0 Å². The van der Waals surface area contributed by atoms with E-state index in [0.717, 1.165) is 5.69 Å². The summed E-state index contributed by atoms with van der Waals surface area (Å²) in [7, 11) is 3.20. The van der Waals surface area contributed by atoms with Gasteiger partial charge < -0.3 is 20.5 Å². The maximum absolute atomic E-state index is 13.8. The third-order valence-corrected chi connectivity index (χ3v) is 4.50. The first kappa shape index (κ1) is 24.5. The van der Waals surface area contributed by atoms with Crippen LogP contribution in [0.25, 0.3) is 0 Å². The Morgan fingerprint density at radius 2 is 1.94 bits per heavy atom. The Hall–Kier alpha value is -3.72. The van der Waals surface area contributed by atoms with E-state index in [1.165, 1.54) is 43.5 Å². The number of nitrogens with zero attached hydrogens (tertiary/aromatic N) is 1. The van der Waals surface area contributed by atoms with Gasteiger partial charge in [-0.2, -0.15) is 0 Å². The van der Waals surface area contributed by atoms with Gasteiger partial charge in [0.05, 0.1) is 35.1 Å². The molecule has 0 unspecified atom stereocenters. The molecule has 0 spiro atoms. The molecule has 32 heavy (non-hydrogen) atoms. The molecule has 4 N–H and O–H groups in total. The lowest BCUT2D eigenvalue weighted by molar-refractivity contribution is 0.111. The summed E-state index contributed by atoms with van der Waals surface area (Å²) in [6, 6.07) is 10.1. The number of benzene rings is 2. The Kier molecular flexibility index (Phi) is 8.91. The zero-order chi connectivity index (χ0) is 23.7. The van der Waals surface area contributed by atoms with Gasteiger partial charge in [-0.15, -0.1) is 0 Å². The first-order valence-corrected chi connectivity index (χ1v) is 9.55. The highest BCUT2D eigenvalue weighted by molar-refractivity contribution is 6.33. The molecule has 0 bridgehead atoms. The molecule has 0 saturated heterocycles. The summed E-state index contributed by atoms with van der Waals surface area (Å²) in [5.41, 5.74) is 7.30. The number of aldehydes is 1. The van der Waals surface area contributed by atoms with E-state index >= 15 is 0 Å². The number of rotatable bonds is 6. The number of carbonyl (C=O) groups excluding carboxylic acids is 1. The second kappa shape index (κ2) is 11.6. The molecule has 0 radical (unpaired) electrons. The Labute approximate surface area is 188 Å². The minimum atomic E-state index is -0.801. The molecule has 0 saturated carbocycles. The van der Waals surface area contributed by atoms with Crippen LogP contribution in [0.1, 0.15) is 21.5 Å². The van der Waals surface area contributed by atoms with Gasteiger partial charge in [0.25, 0.3) is 0 Å². The summed E-state index contributed by atoms with van der Waals surface area (Å²) in [6.07, 6.45) is 1.93. The van der Waals surface area contributed by atoms with Crippen LogP contribution >= 0.6 is 11.6 Å². The van der Waals surface area contributed by atoms with Gasteiger partial charge in [-0.05, 0) is 35.9 Å². The number of anilines is 2. The molecule has 0 aliphatic carbocycles. The predicted octanol–water partition coefficient (Wildman–Crippen LogP) is 4.69. The van der Waals surface area contributed by atoms with Crippen LogP contribution in [0.3, 0.4) is 0 Å². The van der Waals surface area contributed by atoms with Gasteiger partial charge in [0, 0.05) is 7.05 Å². The van der Waals surface area contributed by atoms with Crippen molar-refractivity contribution in [2.45, 2.75) is 6.61 Å². The number of carbonyl (C=O) groups is 1. The Morgan fingerprint density at radius 1 is 1.25 bits per heavy atom. The van der Waals surface area contributed by atoms with Crippen LogP contribution in [-0.2, 0) is 11.3 Å². The van der Waals surface area contributed by atoms with Crippen molar-refractivity contribution in [1.29, 1.82) is 5.41 Å². The van der Waals surface area contributed by atoms with Gasteiger partial charge in [-0.25, -0.2) is 13.8 Å². The number of ether oxygens (including phenoxy) is 2. The number of aromatic nitrogens is 1. The number of halogens is 3. The van der Waals surface area contributed by atoms with Crippen LogP contribution in [0.4, 0.5) is 20.3 Å². The molecule has 0 aliphatic rings. The van der Waals surface area contributed by atoms with Crippen LogP contribution in [-0.4, -0.2) is 31.3 Å². The fraction of sp³-hybridized carbons (Fsp3) is 0.136. The van der Waals surface area contributed by atoms with Crippen LogP contribution in [0.5, 0.6) is 5.75 Å². The van der Waals surface area contributed by atoms with Crippen molar-refractivity contribution in [2.75, 3.05) is 25.2 Å². The summed E-state index contributed by atoms with van der Waals surface area (Å²) in [6.45, 7) is 0.0666.